The maximum Gasteiger partial charge on any atom is 0.272 e. The van der Waals surface area contributed by atoms with Crippen LogP contribution in [0.4, 0.5) is 5.69 Å². The number of rotatable bonds is 4. The minimum absolute atomic E-state index is 0.0864. The number of carbonyl (C=O) groups is 2. The molecule has 0 unspecified atom stereocenters. The summed E-state index contributed by atoms with van der Waals surface area (Å²) in [5, 5.41) is 6.69. The number of halogens is 3. The second-order valence-corrected chi connectivity index (χ2v) is 8.17. The Labute approximate surface area is 173 Å². The molecule has 0 aliphatic carbocycles. The molecule has 0 aliphatic rings. The summed E-state index contributed by atoms with van der Waals surface area (Å²) in [6, 6.07) is 11.6. The maximum absolute atomic E-state index is 12.8. The fraction of sp³-hybridized carbons (Fsp3) is 0.200. The van der Waals surface area contributed by atoms with Crippen molar-refractivity contribution >= 4 is 58.4 Å². The molecule has 0 saturated heterocycles. The number of carbonyl (C=O) groups excluding carboxylic acids is 2. The molecule has 0 aliphatic heterocycles. The Morgan fingerprint density at radius 3 is 2.07 bits per heavy atom. The van der Waals surface area contributed by atoms with Crippen molar-refractivity contribution in [3.8, 4) is 0 Å². The molecule has 142 valence electrons. The Balaban J connectivity index is 2.34. The molecule has 0 atom stereocenters. The molecule has 0 radical (unpaired) electrons. The number of hydrogen-bond acceptors (Lipinski definition) is 2. The fourth-order valence-corrected chi connectivity index (χ4v) is 2.56. The van der Waals surface area contributed by atoms with E-state index in [1.807, 2.05) is 0 Å². The van der Waals surface area contributed by atoms with Crippen molar-refractivity contribution < 1.29 is 9.59 Å². The van der Waals surface area contributed by atoms with Crippen LogP contribution in [0.2, 0.25) is 15.1 Å². The molecule has 2 rings (SSSR count). The Morgan fingerprint density at radius 1 is 0.926 bits per heavy atom. The number of nitrogens with one attached hydrogen (secondary N) is 2. The molecule has 0 saturated carbocycles. The SMILES string of the molecule is CC(C)(C)C(=O)N/C(=C/c1ccc(Cl)cc1)C(=O)Nc1ccc(Cl)cc1Cl. The van der Waals surface area contributed by atoms with Gasteiger partial charge >= 0.3 is 0 Å². The van der Waals surface area contributed by atoms with E-state index in [-0.39, 0.29) is 11.6 Å². The lowest BCUT2D eigenvalue weighted by atomic mass is 9.95. The number of benzene rings is 2. The summed E-state index contributed by atoms with van der Waals surface area (Å²) < 4.78 is 0. The summed E-state index contributed by atoms with van der Waals surface area (Å²) in [5.74, 6) is -0.799. The first kappa shape index (κ1) is 21.3. The summed E-state index contributed by atoms with van der Waals surface area (Å²) in [6.07, 6.45) is 1.57. The van der Waals surface area contributed by atoms with Gasteiger partial charge in [0.05, 0.1) is 10.7 Å². The lowest BCUT2D eigenvalue weighted by molar-refractivity contribution is -0.128. The average molecular weight is 426 g/mol. The minimum Gasteiger partial charge on any atom is -0.321 e. The lowest BCUT2D eigenvalue weighted by Gasteiger charge is -2.19. The van der Waals surface area contributed by atoms with Crippen molar-refractivity contribution in [2.45, 2.75) is 20.8 Å². The molecule has 0 aromatic heterocycles. The van der Waals surface area contributed by atoms with Gasteiger partial charge in [-0.1, -0.05) is 67.7 Å². The van der Waals surface area contributed by atoms with Gasteiger partial charge in [-0.25, -0.2) is 0 Å². The maximum atomic E-state index is 12.8. The molecule has 0 fully saturated rings. The molecule has 0 heterocycles. The summed E-state index contributed by atoms with van der Waals surface area (Å²) in [4.78, 5) is 25.2. The highest BCUT2D eigenvalue weighted by Gasteiger charge is 2.24. The van der Waals surface area contributed by atoms with Gasteiger partial charge in [-0.15, -0.1) is 0 Å². The molecule has 2 amide bonds. The van der Waals surface area contributed by atoms with Crippen LogP contribution < -0.4 is 10.6 Å². The zero-order valence-electron chi connectivity index (χ0n) is 15.1. The molecule has 7 heteroatoms. The van der Waals surface area contributed by atoms with Crippen molar-refractivity contribution in [1.29, 1.82) is 0 Å². The Morgan fingerprint density at radius 2 is 1.52 bits per heavy atom. The highest BCUT2D eigenvalue weighted by atomic mass is 35.5. The van der Waals surface area contributed by atoms with Crippen LogP contribution in [0.3, 0.4) is 0 Å². The Bertz CT molecular complexity index is 885. The van der Waals surface area contributed by atoms with Crippen molar-refractivity contribution in [2.75, 3.05) is 5.32 Å². The van der Waals surface area contributed by atoms with Gasteiger partial charge in [0, 0.05) is 15.5 Å². The van der Waals surface area contributed by atoms with Crippen LogP contribution in [0, 0.1) is 5.41 Å². The van der Waals surface area contributed by atoms with Gasteiger partial charge in [0.15, 0.2) is 0 Å². The highest BCUT2D eigenvalue weighted by Crippen LogP contribution is 2.26. The van der Waals surface area contributed by atoms with Gasteiger partial charge in [-0.05, 0) is 42.0 Å². The van der Waals surface area contributed by atoms with Crippen LogP contribution >= 0.6 is 34.8 Å². The number of amides is 2. The van der Waals surface area contributed by atoms with Gasteiger partial charge in [-0.2, -0.15) is 0 Å². The number of anilines is 1. The van der Waals surface area contributed by atoms with Crippen LogP contribution in [-0.2, 0) is 9.59 Å². The second kappa shape index (κ2) is 8.79. The van der Waals surface area contributed by atoms with E-state index in [1.54, 1.807) is 63.2 Å². The molecule has 2 aromatic carbocycles. The number of hydrogen-bond donors (Lipinski definition) is 2. The molecular formula is C20H19Cl3N2O2. The smallest absolute Gasteiger partial charge is 0.272 e. The van der Waals surface area contributed by atoms with E-state index in [0.717, 1.165) is 0 Å². The highest BCUT2D eigenvalue weighted by molar-refractivity contribution is 6.37. The van der Waals surface area contributed by atoms with Gasteiger partial charge in [0.1, 0.15) is 5.70 Å². The summed E-state index contributed by atoms with van der Waals surface area (Å²) >= 11 is 17.9. The molecule has 2 aromatic rings. The first-order valence-corrected chi connectivity index (χ1v) is 9.25. The van der Waals surface area contributed by atoms with Crippen LogP contribution in [0.25, 0.3) is 6.08 Å². The first-order chi connectivity index (χ1) is 12.6. The largest absolute Gasteiger partial charge is 0.321 e. The first-order valence-electron chi connectivity index (χ1n) is 8.11. The van der Waals surface area contributed by atoms with Gasteiger partial charge in [-0.3, -0.25) is 9.59 Å². The van der Waals surface area contributed by atoms with Gasteiger partial charge in [0.25, 0.3) is 5.91 Å². The van der Waals surface area contributed by atoms with E-state index in [4.69, 9.17) is 34.8 Å². The second-order valence-electron chi connectivity index (χ2n) is 6.89. The fourth-order valence-electron chi connectivity index (χ4n) is 1.97. The molecule has 27 heavy (non-hydrogen) atoms. The Hall–Kier alpha value is -2.01. The summed E-state index contributed by atoms with van der Waals surface area (Å²) in [5.41, 5.74) is 0.513. The van der Waals surface area contributed by atoms with Gasteiger partial charge in [0.2, 0.25) is 5.91 Å². The topological polar surface area (TPSA) is 58.2 Å². The minimum atomic E-state index is -0.669. The predicted octanol–water partition coefficient (Wildman–Crippen LogP) is 5.79. The van der Waals surface area contributed by atoms with Crippen LogP contribution in [0.5, 0.6) is 0 Å². The van der Waals surface area contributed by atoms with Crippen LogP contribution in [-0.4, -0.2) is 11.8 Å². The van der Waals surface area contributed by atoms with Gasteiger partial charge < -0.3 is 10.6 Å². The third-order valence-electron chi connectivity index (χ3n) is 3.53. The van der Waals surface area contributed by atoms with Crippen LogP contribution in [0.1, 0.15) is 26.3 Å². The van der Waals surface area contributed by atoms with Crippen molar-refractivity contribution in [3.63, 3.8) is 0 Å². The molecule has 0 spiro atoms. The van der Waals surface area contributed by atoms with Crippen molar-refractivity contribution in [3.05, 3.63) is 68.8 Å². The van der Waals surface area contributed by atoms with E-state index >= 15 is 0 Å². The standard InChI is InChI=1S/C20H19Cl3N2O2/c1-20(2,3)19(27)25-17(10-12-4-6-13(21)7-5-12)18(26)24-16-9-8-14(22)11-15(16)23/h4-11H,1-3H3,(H,24,26)(H,25,27)/b17-10+. The van der Waals surface area contributed by atoms with Crippen molar-refractivity contribution in [1.82, 2.24) is 5.32 Å². The van der Waals surface area contributed by atoms with E-state index in [2.05, 4.69) is 10.6 Å². The molecule has 0 bridgehead atoms. The summed E-state index contributed by atoms with van der Waals surface area (Å²) in [7, 11) is 0. The lowest BCUT2D eigenvalue weighted by Crippen LogP contribution is -2.38. The summed E-state index contributed by atoms with van der Waals surface area (Å²) in [6.45, 7) is 5.28. The van der Waals surface area contributed by atoms with Crippen LogP contribution in [0.15, 0.2) is 48.2 Å². The normalized spacial score (nSPS) is 11.9. The quantitative estimate of drug-likeness (QED) is 0.609. The average Bonchev–Trinajstić information content (AvgIpc) is 2.57. The molecule has 2 N–H and O–H groups in total. The predicted molar refractivity (Wildman–Crippen MR) is 112 cm³/mol. The van der Waals surface area contributed by atoms with E-state index in [1.165, 1.54) is 6.07 Å². The third kappa shape index (κ3) is 6.28. The Kier molecular flexibility index (Phi) is 6.93. The van der Waals surface area contributed by atoms with E-state index < -0.39 is 11.3 Å². The van der Waals surface area contributed by atoms with E-state index in [9.17, 15) is 9.59 Å². The van der Waals surface area contributed by atoms with E-state index in [0.29, 0.717) is 26.3 Å². The monoisotopic (exact) mass is 424 g/mol. The van der Waals surface area contributed by atoms with Crippen molar-refractivity contribution in [2.24, 2.45) is 5.41 Å². The third-order valence-corrected chi connectivity index (χ3v) is 4.33. The zero-order chi connectivity index (χ0) is 20.2. The molecule has 4 nitrogen and oxygen atoms in total. The zero-order valence-corrected chi connectivity index (χ0v) is 17.3. The molecular weight excluding hydrogens is 407 g/mol.